The molecule has 1 saturated carbocycles. The Morgan fingerprint density at radius 2 is 1.95 bits per heavy atom. The molecule has 3 heterocycles. The summed E-state index contributed by atoms with van der Waals surface area (Å²) in [5, 5.41) is 13.6. The van der Waals surface area contributed by atoms with Crippen LogP contribution < -0.4 is 14.8 Å². The number of hydrogen-bond donors (Lipinski definition) is 1. The number of hydrogen-bond acceptors (Lipinski definition) is 8. The van der Waals surface area contributed by atoms with Crippen LogP contribution >= 0.6 is 0 Å². The predicted molar refractivity (Wildman–Crippen MR) is 135 cm³/mol. The third-order valence-electron chi connectivity index (χ3n) is 7.20. The number of nitriles is 1. The smallest absolute Gasteiger partial charge is 0.320 e. The quantitative estimate of drug-likeness (QED) is 0.437. The van der Waals surface area contributed by atoms with E-state index >= 15 is 4.39 Å². The van der Waals surface area contributed by atoms with Gasteiger partial charge >= 0.3 is 6.01 Å². The number of alkyl halides is 1. The molecule has 10 heteroatoms. The average molecular weight is 509 g/mol. The topological polar surface area (TPSA) is 96.2 Å². The number of likely N-dealkylation sites (tertiary alicyclic amines) is 1. The zero-order valence-corrected chi connectivity index (χ0v) is 21.4. The lowest BCUT2D eigenvalue weighted by Crippen LogP contribution is -2.46. The first-order chi connectivity index (χ1) is 17.7. The van der Waals surface area contributed by atoms with Crippen LogP contribution in [0.2, 0.25) is 0 Å². The molecule has 1 aromatic carbocycles. The molecule has 1 unspecified atom stereocenters. The fourth-order valence-electron chi connectivity index (χ4n) is 4.88. The average Bonchev–Trinajstić information content (AvgIpc) is 3.66. The Bertz CT molecular complexity index is 1370. The van der Waals surface area contributed by atoms with Crippen molar-refractivity contribution in [2.75, 3.05) is 39.2 Å². The van der Waals surface area contributed by atoms with Gasteiger partial charge < -0.3 is 19.7 Å². The number of halogens is 2. The molecule has 2 aromatic heterocycles. The van der Waals surface area contributed by atoms with E-state index in [1.165, 1.54) is 20.1 Å². The van der Waals surface area contributed by atoms with Crippen LogP contribution in [0.15, 0.2) is 24.3 Å². The van der Waals surface area contributed by atoms with Crippen LogP contribution in [0.3, 0.4) is 0 Å². The molecule has 8 nitrogen and oxygen atoms in total. The summed E-state index contributed by atoms with van der Waals surface area (Å²) in [7, 11) is 3.56. The summed E-state index contributed by atoms with van der Waals surface area (Å²) in [6.07, 6.45) is -0.00921. The highest BCUT2D eigenvalue weighted by Crippen LogP contribution is 2.51. The number of nitrogens with one attached hydrogen (secondary N) is 1. The number of fused-ring (bicyclic) bond motifs is 1. The fraction of sp³-hybridized carbons (Fsp3) is 0.481. The van der Waals surface area contributed by atoms with Crippen LogP contribution in [-0.4, -0.2) is 53.7 Å². The van der Waals surface area contributed by atoms with Gasteiger partial charge in [0.25, 0.3) is 0 Å². The minimum Gasteiger partial charge on any atom is -0.481 e. The molecule has 3 aromatic rings. The van der Waals surface area contributed by atoms with Crippen molar-refractivity contribution in [3.63, 3.8) is 0 Å². The first-order valence-electron chi connectivity index (χ1n) is 12.4. The second kappa shape index (κ2) is 9.71. The van der Waals surface area contributed by atoms with Gasteiger partial charge in [-0.25, -0.2) is 8.78 Å². The molecule has 0 radical (unpaired) electrons. The molecule has 37 heavy (non-hydrogen) atoms. The number of methoxy groups -OCH3 is 1. The molecular formula is C27H30F2N6O2. The van der Waals surface area contributed by atoms with Crippen molar-refractivity contribution >= 4 is 16.9 Å². The van der Waals surface area contributed by atoms with Crippen LogP contribution in [0, 0.1) is 23.1 Å². The van der Waals surface area contributed by atoms with Gasteiger partial charge in [0, 0.05) is 35.7 Å². The van der Waals surface area contributed by atoms with Crippen LogP contribution in [0.5, 0.6) is 11.9 Å². The van der Waals surface area contributed by atoms with E-state index < -0.39 is 23.4 Å². The number of rotatable bonds is 9. The standard InChI is InChI=1S/C27H30F2N6O2/c1-15(28)18-6-5-7-19(22(18)29)16(2)31-23-20-10-21(27(14-30)8-9-27)25(36-4)32-24(20)34-26(33-23)37-13-17-11-35(3)12-17/h5-7,10,15-17H,8-9,11-13H2,1-4H3,(H,31,32,33,34)/t15?,16-/m1/s1. The monoisotopic (exact) mass is 508 g/mol. The summed E-state index contributed by atoms with van der Waals surface area (Å²) in [6, 6.07) is 8.50. The Hall–Kier alpha value is -3.58. The van der Waals surface area contributed by atoms with Crippen LogP contribution in [0.25, 0.3) is 11.0 Å². The molecule has 2 atom stereocenters. The van der Waals surface area contributed by atoms with Gasteiger partial charge in [0.1, 0.15) is 17.8 Å². The largest absolute Gasteiger partial charge is 0.481 e. The van der Waals surface area contributed by atoms with Crippen molar-refractivity contribution in [2.45, 2.75) is 44.3 Å². The zero-order chi connectivity index (χ0) is 26.3. The summed E-state index contributed by atoms with van der Waals surface area (Å²) >= 11 is 0. The van der Waals surface area contributed by atoms with Gasteiger partial charge in [0.2, 0.25) is 5.88 Å². The highest BCUT2D eigenvalue weighted by Gasteiger charge is 2.47. The third kappa shape index (κ3) is 4.76. The first kappa shape index (κ1) is 25.1. The van der Waals surface area contributed by atoms with Crippen molar-refractivity contribution in [2.24, 2.45) is 5.92 Å². The predicted octanol–water partition coefficient (Wildman–Crippen LogP) is 4.87. The zero-order valence-electron chi connectivity index (χ0n) is 21.4. The number of aromatic nitrogens is 3. The van der Waals surface area contributed by atoms with Gasteiger partial charge in [-0.15, -0.1) is 0 Å². The summed E-state index contributed by atoms with van der Waals surface area (Å²) in [5.74, 6) is 0.519. The van der Waals surface area contributed by atoms with E-state index in [9.17, 15) is 9.65 Å². The van der Waals surface area contributed by atoms with Crippen molar-refractivity contribution < 1.29 is 18.3 Å². The normalized spacial score (nSPS) is 18.5. The Morgan fingerprint density at radius 3 is 2.57 bits per heavy atom. The third-order valence-corrected chi connectivity index (χ3v) is 7.20. The number of pyridine rings is 1. The van der Waals surface area contributed by atoms with Gasteiger partial charge in [-0.05, 0) is 39.8 Å². The molecule has 1 saturated heterocycles. The Balaban J connectivity index is 1.55. The lowest BCUT2D eigenvalue weighted by Gasteiger charge is -2.35. The van der Waals surface area contributed by atoms with E-state index in [0.717, 1.165) is 13.1 Å². The van der Waals surface area contributed by atoms with Crippen molar-refractivity contribution in [1.29, 1.82) is 5.26 Å². The molecule has 1 aliphatic carbocycles. The van der Waals surface area contributed by atoms with Crippen LogP contribution in [0.4, 0.5) is 14.6 Å². The summed E-state index contributed by atoms with van der Waals surface area (Å²) < 4.78 is 40.5. The minimum absolute atomic E-state index is 0.00608. The molecule has 194 valence electrons. The molecule has 1 N–H and O–H groups in total. The lowest BCUT2D eigenvalue weighted by atomic mass is 9.97. The van der Waals surface area contributed by atoms with Gasteiger partial charge in [-0.2, -0.15) is 20.2 Å². The number of ether oxygens (including phenoxy) is 2. The molecule has 5 rings (SSSR count). The Kier molecular flexibility index (Phi) is 6.58. The summed E-state index contributed by atoms with van der Waals surface area (Å²) in [5.41, 5.74) is 0.678. The maximum atomic E-state index is 15.1. The second-order valence-corrected chi connectivity index (χ2v) is 10.1. The van der Waals surface area contributed by atoms with Gasteiger partial charge in [-0.3, -0.25) is 0 Å². The summed E-state index contributed by atoms with van der Waals surface area (Å²) in [6.45, 7) is 5.42. The summed E-state index contributed by atoms with van der Waals surface area (Å²) in [4.78, 5) is 15.9. The van der Waals surface area contributed by atoms with E-state index in [-0.39, 0.29) is 11.6 Å². The SMILES string of the molecule is COc1nc2nc(OCC3CN(C)C3)nc(N[C@H](C)c3cccc(C(C)F)c3F)c2cc1C1(C#N)CC1. The van der Waals surface area contributed by atoms with Crippen LogP contribution in [0.1, 0.15) is 55.6 Å². The van der Waals surface area contributed by atoms with Crippen molar-refractivity contribution in [1.82, 2.24) is 19.9 Å². The van der Waals surface area contributed by atoms with E-state index in [4.69, 9.17) is 9.47 Å². The molecule has 0 bridgehead atoms. The minimum atomic E-state index is -1.43. The maximum Gasteiger partial charge on any atom is 0.320 e. The second-order valence-electron chi connectivity index (χ2n) is 10.1. The number of nitrogens with zero attached hydrogens (tertiary/aromatic N) is 5. The van der Waals surface area contributed by atoms with Gasteiger partial charge in [0.05, 0.1) is 36.6 Å². The molecule has 0 amide bonds. The highest BCUT2D eigenvalue weighted by molar-refractivity contribution is 5.88. The van der Waals surface area contributed by atoms with Crippen molar-refractivity contribution in [3.8, 4) is 18.0 Å². The molecular weight excluding hydrogens is 478 g/mol. The van der Waals surface area contributed by atoms with Crippen LogP contribution in [-0.2, 0) is 5.41 Å². The number of anilines is 1. The van der Waals surface area contributed by atoms with E-state index in [0.29, 0.717) is 59.2 Å². The molecule has 2 aliphatic rings. The Labute approximate surface area is 214 Å². The van der Waals surface area contributed by atoms with Gasteiger partial charge in [-0.1, -0.05) is 18.2 Å². The van der Waals surface area contributed by atoms with E-state index in [1.54, 1.807) is 19.1 Å². The molecule has 1 aliphatic heterocycles. The van der Waals surface area contributed by atoms with Gasteiger partial charge in [0.15, 0.2) is 5.65 Å². The van der Waals surface area contributed by atoms with Crippen molar-refractivity contribution in [3.05, 3.63) is 46.8 Å². The van der Waals surface area contributed by atoms with E-state index in [2.05, 4.69) is 31.2 Å². The highest BCUT2D eigenvalue weighted by atomic mass is 19.1. The molecule has 2 fully saturated rings. The first-order valence-corrected chi connectivity index (χ1v) is 12.4. The number of benzene rings is 1. The lowest BCUT2D eigenvalue weighted by molar-refractivity contribution is 0.0819. The molecule has 0 spiro atoms. The maximum absolute atomic E-state index is 15.1. The Morgan fingerprint density at radius 1 is 1.22 bits per heavy atom. The van der Waals surface area contributed by atoms with E-state index in [1.807, 2.05) is 13.1 Å². The fourth-order valence-corrected chi connectivity index (χ4v) is 4.88.